The van der Waals surface area contributed by atoms with Crippen molar-refractivity contribution in [2.45, 2.75) is 20.8 Å². The van der Waals surface area contributed by atoms with E-state index in [4.69, 9.17) is 19.4 Å². The van der Waals surface area contributed by atoms with Crippen LogP contribution in [-0.2, 0) is 0 Å². The molecule has 7 heteroatoms. The van der Waals surface area contributed by atoms with Gasteiger partial charge >= 0.3 is 0 Å². The third kappa shape index (κ3) is 6.43. The van der Waals surface area contributed by atoms with Gasteiger partial charge in [0.2, 0.25) is 0 Å². The van der Waals surface area contributed by atoms with Crippen LogP contribution in [0.15, 0.2) is 66.7 Å². The summed E-state index contributed by atoms with van der Waals surface area (Å²) in [6.45, 7) is 9.54. The highest BCUT2D eigenvalue weighted by Gasteiger charge is 2.15. The van der Waals surface area contributed by atoms with Gasteiger partial charge in [0, 0.05) is 29.8 Å². The number of fused-ring (bicyclic) bond motifs is 1. The average Bonchev–Trinajstić information content (AvgIpc) is 2.93. The van der Waals surface area contributed by atoms with E-state index in [1.165, 1.54) is 0 Å². The van der Waals surface area contributed by atoms with Crippen molar-refractivity contribution in [2.75, 3.05) is 39.9 Å². The maximum atomic E-state index is 12.8. The van der Waals surface area contributed by atoms with Crippen LogP contribution in [0.3, 0.4) is 0 Å². The lowest BCUT2D eigenvalue weighted by Crippen LogP contribution is -2.32. The van der Waals surface area contributed by atoms with Gasteiger partial charge in [0.25, 0.3) is 5.91 Å². The van der Waals surface area contributed by atoms with Gasteiger partial charge in [0.05, 0.1) is 35.6 Å². The van der Waals surface area contributed by atoms with Crippen LogP contribution >= 0.6 is 0 Å². The molecule has 192 valence electrons. The Kier molecular flexibility index (Phi) is 8.69. The fourth-order valence-corrected chi connectivity index (χ4v) is 3.97. The molecule has 0 atom stereocenters. The highest BCUT2D eigenvalue weighted by Crippen LogP contribution is 2.33. The Balaban J connectivity index is 1.73. The van der Waals surface area contributed by atoms with E-state index in [0.717, 1.165) is 52.6 Å². The lowest BCUT2D eigenvalue weighted by atomic mass is 10.0. The predicted octanol–water partition coefficient (Wildman–Crippen LogP) is 5.44. The van der Waals surface area contributed by atoms with Crippen molar-refractivity contribution in [3.63, 3.8) is 0 Å². The van der Waals surface area contributed by atoms with Gasteiger partial charge < -0.3 is 19.7 Å². The number of carbonyl (C=O) groups excluding carboxylic acids is 1. The van der Waals surface area contributed by atoms with Gasteiger partial charge in [0.1, 0.15) is 11.5 Å². The largest absolute Gasteiger partial charge is 0.494 e. The number of ether oxygens (including phenoxy) is 2. The molecular formula is C30H34N4O3. The zero-order valence-corrected chi connectivity index (χ0v) is 22.0. The number of rotatable bonds is 11. The summed E-state index contributed by atoms with van der Waals surface area (Å²) in [5.41, 5.74) is 5.30. The van der Waals surface area contributed by atoms with Crippen LogP contribution in [0.25, 0.3) is 33.5 Å². The molecule has 4 rings (SSSR count). The first kappa shape index (κ1) is 26.1. The summed E-state index contributed by atoms with van der Waals surface area (Å²) in [5, 5.41) is 2.99. The first-order valence-corrected chi connectivity index (χ1v) is 12.8. The molecule has 0 saturated carbocycles. The summed E-state index contributed by atoms with van der Waals surface area (Å²) < 4.78 is 11.2. The van der Waals surface area contributed by atoms with E-state index in [2.05, 4.69) is 17.1 Å². The maximum absolute atomic E-state index is 12.8. The van der Waals surface area contributed by atoms with Crippen LogP contribution < -0.4 is 14.8 Å². The fraction of sp³-hybridized carbons (Fsp3) is 0.300. The highest BCUT2D eigenvalue weighted by molar-refractivity contribution is 5.98. The van der Waals surface area contributed by atoms with E-state index < -0.39 is 0 Å². The van der Waals surface area contributed by atoms with Gasteiger partial charge in [-0.1, -0.05) is 6.92 Å². The molecule has 0 spiro atoms. The van der Waals surface area contributed by atoms with Gasteiger partial charge in [-0.3, -0.25) is 4.79 Å². The quantitative estimate of drug-likeness (QED) is 0.297. The Hall–Kier alpha value is -3.97. The average molecular weight is 499 g/mol. The standard InChI is InChI=1S/C30H34N4O3/c1-5-34(4)19-18-31-30(35)23-12-17-26-27(20-23)33-29(22-10-15-25(16-11-22)37-7-3)28(32-26)21-8-13-24(14-9-21)36-6-2/h8-17,20H,5-7,18-19H2,1-4H3,(H,31,35). The van der Waals surface area contributed by atoms with E-state index in [-0.39, 0.29) is 5.91 Å². The van der Waals surface area contributed by atoms with Crippen molar-refractivity contribution in [1.29, 1.82) is 0 Å². The highest BCUT2D eigenvalue weighted by atomic mass is 16.5. The lowest BCUT2D eigenvalue weighted by molar-refractivity contribution is 0.0950. The Morgan fingerprint density at radius 2 is 1.32 bits per heavy atom. The van der Waals surface area contributed by atoms with Crippen LogP contribution in [0.2, 0.25) is 0 Å². The van der Waals surface area contributed by atoms with Gasteiger partial charge in [-0.05, 0) is 94.2 Å². The topological polar surface area (TPSA) is 76.6 Å². The van der Waals surface area contributed by atoms with Crippen molar-refractivity contribution in [2.24, 2.45) is 0 Å². The van der Waals surface area contributed by atoms with Crippen molar-refractivity contribution >= 4 is 16.9 Å². The monoisotopic (exact) mass is 498 g/mol. The molecule has 7 nitrogen and oxygen atoms in total. The number of hydrogen-bond donors (Lipinski definition) is 1. The molecule has 1 N–H and O–H groups in total. The lowest BCUT2D eigenvalue weighted by Gasteiger charge is -2.14. The zero-order valence-electron chi connectivity index (χ0n) is 22.0. The maximum Gasteiger partial charge on any atom is 0.251 e. The molecule has 0 aliphatic carbocycles. The smallest absolute Gasteiger partial charge is 0.251 e. The Bertz CT molecular complexity index is 1340. The molecule has 4 aromatic rings. The summed E-state index contributed by atoms with van der Waals surface area (Å²) in [4.78, 5) is 24.9. The number of aromatic nitrogens is 2. The van der Waals surface area contributed by atoms with Crippen LogP contribution in [0.4, 0.5) is 0 Å². The minimum Gasteiger partial charge on any atom is -0.494 e. The van der Waals surface area contributed by atoms with Crippen molar-refractivity contribution < 1.29 is 14.3 Å². The number of amides is 1. The molecule has 0 radical (unpaired) electrons. The van der Waals surface area contributed by atoms with Gasteiger partial charge in [-0.2, -0.15) is 0 Å². The number of benzene rings is 3. The first-order valence-electron chi connectivity index (χ1n) is 12.8. The van der Waals surface area contributed by atoms with E-state index in [1.54, 1.807) is 12.1 Å². The van der Waals surface area contributed by atoms with E-state index in [9.17, 15) is 4.79 Å². The normalized spacial score (nSPS) is 11.1. The number of nitrogens with zero attached hydrogens (tertiary/aromatic N) is 3. The van der Waals surface area contributed by atoms with Crippen molar-refractivity contribution in [1.82, 2.24) is 20.2 Å². The van der Waals surface area contributed by atoms with Crippen molar-refractivity contribution in [3.8, 4) is 34.0 Å². The predicted molar refractivity (Wildman–Crippen MR) is 148 cm³/mol. The molecule has 0 aliphatic heterocycles. The zero-order chi connectivity index (χ0) is 26.2. The second-order valence-corrected chi connectivity index (χ2v) is 8.69. The molecule has 37 heavy (non-hydrogen) atoms. The third-order valence-corrected chi connectivity index (χ3v) is 6.12. The van der Waals surface area contributed by atoms with Crippen molar-refractivity contribution in [3.05, 3.63) is 72.3 Å². The SMILES string of the molecule is CCOc1ccc(-c2nc3ccc(C(=O)NCCN(C)CC)cc3nc2-c2ccc(OCC)cc2)cc1. The van der Waals surface area contributed by atoms with E-state index in [0.29, 0.717) is 30.8 Å². The van der Waals surface area contributed by atoms with Gasteiger partial charge in [-0.25, -0.2) is 9.97 Å². The van der Waals surface area contributed by atoms with Crippen LogP contribution in [0, 0.1) is 0 Å². The first-order chi connectivity index (χ1) is 18.0. The molecule has 0 aliphatic rings. The minimum atomic E-state index is -0.119. The fourth-order valence-electron chi connectivity index (χ4n) is 3.97. The van der Waals surface area contributed by atoms with E-state index >= 15 is 0 Å². The second-order valence-electron chi connectivity index (χ2n) is 8.69. The van der Waals surface area contributed by atoms with Crippen LogP contribution in [0.1, 0.15) is 31.1 Å². The Morgan fingerprint density at radius 3 is 1.84 bits per heavy atom. The molecular weight excluding hydrogens is 464 g/mol. The molecule has 3 aromatic carbocycles. The number of carbonyl (C=O) groups is 1. The van der Waals surface area contributed by atoms with Crippen LogP contribution in [0.5, 0.6) is 11.5 Å². The molecule has 0 saturated heterocycles. The molecule has 1 aromatic heterocycles. The molecule has 0 unspecified atom stereocenters. The number of nitrogens with one attached hydrogen (secondary N) is 1. The molecule has 0 fully saturated rings. The number of likely N-dealkylation sites (N-methyl/N-ethyl adjacent to an activating group) is 1. The Morgan fingerprint density at radius 1 is 0.784 bits per heavy atom. The van der Waals surface area contributed by atoms with Gasteiger partial charge in [0.15, 0.2) is 0 Å². The summed E-state index contributed by atoms with van der Waals surface area (Å²) >= 11 is 0. The summed E-state index contributed by atoms with van der Waals surface area (Å²) in [7, 11) is 2.03. The van der Waals surface area contributed by atoms with Crippen LogP contribution in [-0.4, -0.2) is 60.7 Å². The molecule has 0 bridgehead atoms. The Labute approximate surface area is 218 Å². The summed E-state index contributed by atoms with van der Waals surface area (Å²) in [6.07, 6.45) is 0. The molecule has 1 amide bonds. The third-order valence-electron chi connectivity index (χ3n) is 6.12. The summed E-state index contributed by atoms with van der Waals surface area (Å²) in [5.74, 6) is 1.49. The second kappa shape index (κ2) is 12.3. The molecule has 1 heterocycles. The van der Waals surface area contributed by atoms with Gasteiger partial charge in [-0.15, -0.1) is 0 Å². The summed E-state index contributed by atoms with van der Waals surface area (Å²) in [6, 6.07) is 21.2. The number of hydrogen-bond acceptors (Lipinski definition) is 6. The minimum absolute atomic E-state index is 0.119. The van der Waals surface area contributed by atoms with E-state index in [1.807, 2.05) is 75.5 Å².